The molecule has 136 valence electrons. The third-order valence-electron chi connectivity index (χ3n) is 5.39. The fourth-order valence-corrected chi connectivity index (χ4v) is 3.28. The lowest BCUT2D eigenvalue weighted by atomic mass is 9.87. The highest BCUT2D eigenvalue weighted by molar-refractivity contribution is 6.13. The Labute approximate surface area is 150 Å². The van der Waals surface area contributed by atoms with Crippen LogP contribution in [0, 0.1) is 5.41 Å². The van der Waals surface area contributed by atoms with Crippen LogP contribution in [0.25, 0.3) is 0 Å². The monoisotopic (exact) mass is 343 g/mol. The van der Waals surface area contributed by atoms with Gasteiger partial charge in [0.25, 0.3) is 0 Å². The second kappa shape index (κ2) is 6.45. The van der Waals surface area contributed by atoms with Crippen LogP contribution in [0.5, 0.6) is 0 Å². The molecule has 3 rings (SSSR count). The van der Waals surface area contributed by atoms with Gasteiger partial charge in [0.1, 0.15) is 5.41 Å². The number of hydrogen-bond acceptors (Lipinski definition) is 3. The first-order valence-electron chi connectivity index (χ1n) is 9.12. The molecule has 2 amide bonds. The van der Waals surface area contributed by atoms with Crippen molar-refractivity contribution in [3.8, 4) is 0 Å². The fraction of sp³-hybridized carbons (Fsp3) is 0.600. The molecule has 1 aliphatic carbocycles. The van der Waals surface area contributed by atoms with E-state index in [1.165, 1.54) is 5.56 Å². The van der Waals surface area contributed by atoms with Crippen LogP contribution in [0.1, 0.15) is 39.2 Å². The van der Waals surface area contributed by atoms with Crippen LogP contribution in [-0.2, 0) is 15.0 Å². The number of nitrogens with zero attached hydrogens (tertiary/aromatic N) is 2. The number of piperazine rings is 1. The lowest BCUT2D eigenvalue weighted by Gasteiger charge is -2.34. The summed E-state index contributed by atoms with van der Waals surface area (Å²) >= 11 is 0. The second-order valence-corrected chi connectivity index (χ2v) is 8.46. The minimum absolute atomic E-state index is 0.00408. The third-order valence-corrected chi connectivity index (χ3v) is 5.39. The molecular formula is C20H29N3O2. The van der Waals surface area contributed by atoms with Gasteiger partial charge in [-0.2, -0.15) is 0 Å². The Bertz CT molecular complexity index is 649. The van der Waals surface area contributed by atoms with Gasteiger partial charge in [0.15, 0.2) is 0 Å². The van der Waals surface area contributed by atoms with Crippen molar-refractivity contribution in [3.05, 3.63) is 29.8 Å². The minimum Gasteiger partial charge on any atom is -0.339 e. The summed E-state index contributed by atoms with van der Waals surface area (Å²) in [6.07, 6.45) is 1.31. The molecule has 25 heavy (non-hydrogen) atoms. The summed E-state index contributed by atoms with van der Waals surface area (Å²) in [5.41, 5.74) is 1.23. The van der Waals surface area contributed by atoms with E-state index in [9.17, 15) is 9.59 Å². The quantitative estimate of drug-likeness (QED) is 0.858. The van der Waals surface area contributed by atoms with Crippen molar-refractivity contribution < 1.29 is 9.59 Å². The molecule has 2 aliphatic rings. The van der Waals surface area contributed by atoms with E-state index in [0.717, 1.165) is 18.8 Å². The van der Waals surface area contributed by atoms with E-state index in [1.807, 2.05) is 29.2 Å². The Kier molecular flexibility index (Phi) is 4.62. The summed E-state index contributed by atoms with van der Waals surface area (Å²) in [7, 11) is 2.06. The number of rotatable bonds is 3. The maximum Gasteiger partial charge on any atom is 0.240 e. The van der Waals surface area contributed by atoms with Gasteiger partial charge in [0.2, 0.25) is 11.8 Å². The van der Waals surface area contributed by atoms with Gasteiger partial charge in [0.05, 0.1) is 0 Å². The second-order valence-electron chi connectivity index (χ2n) is 8.46. The van der Waals surface area contributed by atoms with Crippen molar-refractivity contribution in [1.29, 1.82) is 0 Å². The van der Waals surface area contributed by atoms with E-state index >= 15 is 0 Å². The van der Waals surface area contributed by atoms with Crippen molar-refractivity contribution in [2.45, 2.75) is 39.0 Å². The summed E-state index contributed by atoms with van der Waals surface area (Å²) < 4.78 is 0. The molecule has 0 spiro atoms. The third kappa shape index (κ3) is 3.71. The number of hydrogen-bond donors (Lipinski definition) is 1. The smallest absolute Gasteiger partial charge is 0.240 e. The van der Waals surface area contributed by atoms with Crippen molar-refractivity contribution in [2.75, 3.05) is 38.5 Å². The number of carbonyl (C=O) groups excluding carboxylic acids is 2. The van der Waals surface area contributed by atoms with Gasteiger partial charge in [-0.05, 0) is 43.0 Å². The Morgan fingerprint density at radius 3 is 2.04 bits per heavy atom. The van der Waals surface area contributed by atoms with Crippen molar-refractivity contribution in [2.24, 2.45) is 5.41 Å². The first-order chi connectivity index (χ1) is 11.7. The van der Waals surface area contributed by atoms with Gasteiger partial charge in [-0.15, -0.1) is 0 Å². The lowest BCUT2D eigenvalue weighted by Crippen LogP contribution is -2.51. The average Bonchev–Trinajstić information content (AvgIpc) is 3.36. The zero-order chi connectivity index (χ0) is 18.2. The Balaban J connectivity index is 1.65. The normalized spacial score (nSPS) is 20.2. The highest BCUT2D eigenvalue weighted by Crippen LogP contribution is 2.48. The van der Waals surface area contributed by atoms with Gasteiger partial charge in [-0.25, -0.2) is 0 Å². The van der Waals surface area contributed by atoms with Crippen LogP contribution in [0.2, 0.25) is 0 Å². The summed E-state index contributed by atoms with van der Waals surface area (Å²) in [4.78, 5) is 29.7. The predicted molar refractivity (Wildman–Crippen MR) is 99.5 cm³/mol. The molecule has 0 radical (unpaired) electrons. The number of amides is 2. The highest BCUT2D eigenvalue weighted by atomic mass is 16.2. The molecular weight excluding hydrogens is 314 g/mol. The SMILES string of the molecule is CN1CCN(C(=O)C2(C(=O)Nc3ccc(C(C)(C)C)cc3)CC2)CC1. The van der Waals surface area contributed by atoms with Gasteiger partial charge < -0.3 is 15.1 Å². The van der Waals surface area contributed by atoms with Crippen LogP contribution in [0.15, 0.2) is 24.3 Å². The lowest BCUT2D eigenvalue weighted by molar-refractivity contribution is -0.143. The van der Waals surface area contributed by atoms with Crippen LogP contribution in [0.4, 0.5) is 5.69 Å². The molecule has 1 saturated heterocycles. The molecule has 1 N–H and O–H groups in total. The molecule has 5 heteroatoms. The van der Waals surface area contributed by atoms with E-state index in [-0.39, 0.29) is 17.2 Å². The molecule has 0 aromatic heterocycles. The number of benzene rings is 1. The van der Waals surface area contributed by atoms with E-state index in [0.29, 0.717) is 25.9 Å². The van der Waals surface area contributed by atoms with Crippen LogP contribution < -0.4 is 5.32 Å². The summed E-state index contributed by atoms with van der Waals surface area (Å²) in [5, 5.41) is 2.96. The minimum atomic E-state index is -0.835. The Morgan fingerprint density at radius 2 is 1.56 bits per heavy atom. The van der Waals surface area contributed by atoms with E-state index < -0.39 is 5.41 Å². The van der Waals surface area contributed by atoms with E-state index in [4.69, 9.17) is 0 Å². The van der Waals surface area contributed by atoms with E-state index in [1.54, 1.807) is 0 Å². The summed E-state index contributed by atoms with van der Waals surface area (Å²) in [6, 6.07) is 7.93. The molecule has 1 aromatic rings. The zero-order valence-electron chi connectivity index (χ0n) is 15.8. The maximum atomic E-state index is 12.9. The number of nitrogens with one attached hydrogen (secondary N) is 1. The molecule has 1 aliphatic heterocycles. The van der Waals surface area contributed by atoms with Crippen LogP contribution in [-0.4, -0.2) is 54.8 Å². The molecule has 2 fully saturated rings. The van der Waals surface area contributed by atoms with Crippen molar-refractivity contribution in [3.63, 3.8) is 0 Å². The van der Waals surface area contributed by atoms with Gasteiger partial charge in [-0.1, -0.05) is 32.9 Å². The standard InChI is InChI=1S/C20H29N3O2/c1-19(2,3)15-5-7-16(8-6-15)21-17(24)20(9-10-20)18(25)23-13-11-22(4)12-14-23/h5-8H,9-14H2,1-4H3,(H,21,24). The Morgan fingerprint density at radius 1 is 1.00 bits per heavy atom. The van der Waals surface area contributed by atoms with Gasteiger partial charge in [-0.3, -0.25) is 9.59 Å². The molecule has 0 unspecified atom stereocenters. The summed E-state index contributed by atoms with van der Waals surface area (Å²) in [5.74, 6) is -0.149. The molecule has 0 atom stereocenters. The molecule has 1 aromatic carbocycles. The van der Waals surface area contributed by atoms with Crippen LogP contribution in [0.3, 0.4) is 0 Å². The van der Waals surface area contributed by atoms with Crippen LogP contribution >= 0.6 is 0 Å². The van der Waals surface area contributed by atoms with E-state index in [2.05, 4.69) is 38.0 Å². The molecule has 5 nitrogen and oxygen atoms in total. The first-order valence-corrected chi connectivity index (χ1v) is 9.12. The predicted octanol–water partition coefficient (Wildman–Crippen LogP) is 2.48. The molecule has 0 bridgehead atoms. The molecule has 1 heterocycles. The maximum absolute atomic E-state index is 12.9. The topological polar surface area (TPSA) is 52.7 Å². The zero-order valence-corrected chi connectivity index (χ0v) is 15.8. The fourth-order valence-electron chi connectivity index (χ4n) is 3.28. The highest BCUT2D eigenvalue weighted by Gasteiger charge is 2.58. The van der Waals surface area contributed by atoms with Gasteiger partial charge >= 0.3 is 0 Å². The van der Waals surface area contributed by atoms with Gasteiger partial charge in [0, 0.05) is 31.9 Å². The number of likely N-dealkylation sites (N-methyl/N-ethyl adjacent to an activating group) is 1. The average molecular weight is 343 g/mol. The van der Waals surface area contributed by atoms with Crippen molar-refractivity contribution >= 4 is 17.5 Å². The number of carbonyl (C=O) groups is 2. The number of anilines is 1. The first kappa shape index (κ1) is 17.9. The summed E-state index contributed by atoms with van der Waals surface area (Å²) in [6.45, 7) is 9.65. The van der Waals surface area contributed by atoms with Crippen molar-refractivity contribution in [1.82, 2.24) is 9.80 Å². The molecule has 1 saturated carbocycles. The Hall–Kier alpha value is -1.88. The largest absolute Gasteiger partial charge is 0.339 e.